The molecule has 7 nitrogen and oxygen atoms in total. The predicted molar refractivity (Wildman–Crippen MR) is 106 cm³/mol. The van der Waals surface area contributed by atoms with Gasteiger partial charge in [0.25, 0.3) is 5.91 Å². The van der Waals surface area contributed by atoms with Gasteiger partial charge in [-0.1, -0.05) is 18.2 Å². The highest BCUT2D eigenvalue weighted by atomic mass is 32.1. The maximum absolute atomic E-state index is 12.8. The summed E-state index contributed by atoms with van der Waals surface area (Å²) in [6.07, 6.45) is 0. The Balaban J connectivity index is 1.60. The predicted octanol–water partition coefficient (Wildman–Crippen LogP) is 0.916. The molecule has 1 aromatic rings. The van der Waals surface area contributed by atoms with E-state index in [4.69, 9.17) is 17.0 Å². The van der Waals surface area contributed by atoms with Crippen molar-refractivity contribution in [2.45, 2.75) is 13.0 Å². The highest BCUT2D eigenvalue weighted by molar-refractivity contribution is 7.80. The topological polar surface area (TPSA) is 60.4 Å². The number of ether oxygens (including phenoxy) is 1. The molecule has 2 heterocycles. The zero-order valence-electron chi connectivity index (χ0n) is 15.2. The second-order valence-corrected chi connectivity index (χ2v) is 6.77. The second-order valence-electron chi connectivity index (χ2n) is 6.39. The molecule has 0 saturated carbocycles. The van der Waals surface area contributed by atoms with Crippen LogP contribution in [0.1, 0.15) is 6.92 Å². The van der Waals surface area contributed by atoms with Crippen LogP contribution in [-0.4, -0.2) is 79.1 Å². The van der Waals surface area contributed by atoms with Crippen LogP contribution in [0.5, 0.6) is 0 Å². The minimum Gasteiger partial charge on any atom is -0.379 e. The number of benzene rings is 1. The third-order valence-electron chi connectivity index (χ3n) is 4.71. The average molecular weight is 375 g/mol. The van der Waals surface area contributed by atoms with Crippen LogP contribution in [0, 0.1) is 0 Å². The number of morpholine rings is 1. The quantitative estimate of drug-likeness (QED) is 0.790. The summed E-state index contributed by atoms with van der Waals surface area (Å²) in [7, 11) is 1.88. The normalized spacial score (nSPS) is 23.6. The van der Waals surface area contributed by atoms with Gasteiger partial charge in [-0.15, -0.1) is 0 Å². The minimum absolute atomic E-state index is 0.136. The monoisotopic (exact) mass is 375 g/mol. The number of anilines is 1. The molecule has 0 aliphatic carbocycles. The summed E-state index contributed by atoms with van der Waals surface area (Å²) in [5.41, 5.74) is 1.28. The fourth-order valence-corrected chi connectivity index (χ4v) is 3.29. The van der Waals surface area contributed by atoms with E-state index in [0.29, 0.717) is 17.4 Å². The number of hydrazine groups is 1. The van der Waals surface area contributed by atoms with E-state index in [1.165, 1.54) is 0 Å². The maximum atomic E-state index is 12.8. The molecule has 3 rings (SSSR count). The third-order valence-corrected chi connectivity index (χ3v) is 4.95. The number of nitrogens with zero attached hydrogens (tertiary/aromatic N) is 4. The van der Waals surface area contributed by atoms with E-state index in [9.17, 15) is 4.79 Å². The van der Waals surface area contributed by atoms with Gasteiger partial charge in [0.1, 0.15) is 5.71 Å². The molecule has 0 radical (unpaired) electrons. The van der Waals surface area contributed by atoms with E-state index in [1.54, 1.807) is 5.01 Å². The number of amides is 1. The van der Waals surface area contributed by atoms with Crippen molar-refractivity contribution in [3.05, 3.63) is 30.3 Å². The Labute approximate surface area is 159 Å². The van der Waals surface area contributed by atoms with Gasteiger partial charge < -0.3 is 10.1 Å². The van der Waals surface area contributed by atoms with Crippen LogP contribution in [0.3, 0.4) is 0 Å². The summed E-state index contributed by atoms with van der Waals surface area (Å²) in [6.45, 7) is 6.98. The van der Waals surface area contributed by atoms with Crippen molar-refractivity contribution in [3.63, 3.8) is 0 Å². The lowest BCUT2D eigenvalue weighted by atomic mass is 10.2. The Bertz CT molecular complexity index is 675. The first kappa shape index (κ1) is 18.9. The summed E-state index contributed by atoms with van der Waals surface area (Å²) in [5, 5.41) is 7.02. The number of hydrogen-bond acceptors (Lipinski definition) is 5. The van der Waals surface area contributed by atoms with Crippen molar-refractivity contribution in [1.82, 2.24) is 15.2 Å². The molecule has 140 valence electrons. The first-order chi connectivity index (χ1) is 12.6. The number of nitrogens with one attached hydrogen (secondary N) is 1. The fourth-order valence-electron chi connectivity index (χ4n) is 3.09. The largest absolute Gasteiger partial charge is 0.379 e. The van der Waals surface area contributed by atoms with Gasteiger partial charge >= 0.3 is 0 Å². The van der Waals surface area contributed by atoms with Crippen molar-refractivity contribution in [3.8, 4) is 0 Å². The third kappa shape index (κ3) is 4.27. The lowest BCUT2D eigenvalue weighted by molar-refractivity contribution is -0.113. The molecule has 0 spiro atoms. The zero-order valence-corrected chi connectivity index (χ0v) is 16.0. The highest BCUT2D eigenvalue weighted by Crippen LogP contribution is 2.24. The summed E-state index contributed by atoms with van der Waals surface area (Å²) < 4.78 is 5.34. The van der Waals surface area contributed by atoms with E-state index in [0.717, 1.165) is 38.5 Å². The van der Waals surface area contributed by atoms with Crippen LogP contribution >= 0.6 is 12.2 Å². The van der Waals surface area contributed by atoms with Crippen molar-refractivity contribution in [2.24, 2.45) is 4.99 Å². The Kier molecular flexibility index (Phi) is 6.31. The average Bonchev–Trinajstić information content (AvgIpc) is 2.87. The van der Waals surface area contributed by atoms with Gasteiger partial charge in [0.2, 0.25) is 0 Å². The van der Waals surface area contributed by atoms with Gasteiger partial charge in [-0.2, -0.15) is 0 Å². The summed E-state index contributed by atoms with van der Waals surface area (Å²) in [4.78, 5) is 19.6. The summed E-state index contributed by atoms with van der Waals surface area (Å²) >= 11 is 5.33. The molecule has 2 fully saturated rings. The Morgan fingerprint density at radius 2 is 2.00 bits per heavy atom. The molecule has 1 aromatic carbocycles. The first-order valence-corrected chi connectivity index (χ1v) is 9.27. The summed E-state index contributed by atoms with van der Waals surface area (Å²) in [5.74, 6) is -0.136. The molecule has 1 amide bonds. The molecule has 2 saturated heterocycles. The zero-order chi connectivity index (χ0) is 18.5. The lowest BCUT2D eigenvalue weighted by Crippen LogP contribution is -2.41. The number of rotatable bonds is 4. The van der Waals surface area contributed by atoms with Gasteiger partial charge in [-0.05, 0) is 31.3 Å². The van der Waals surface area contributed by atoms with Crippen molar-refractivity contribution < 1.29 is 9.53 Å². The van der Waals surface area contributed by atoms with Crippen LogP contribution in [-0.2, 0) is 9.53 Å². The maximum Gasteiger partial charge on any atom is 0.289 e. The van der Waals surface area contributed by atoms with Gasteiger partial charge in [-0.25, -0.2) is 15.0 Å². The molecule has 2 aliphatic rings. The van der Waals surface area contributed by atoms with Crippen molar-refractivity contribution in [1.29, 1.82) is 0 Å². The van der Waals surface area contributed by atoms with E-state index < -0.39 is 0 Å². The number of aliphatic imine (C=N–C) groups is 1. The first-order valence-electron chi connectivity index (χ1n) is 8.86. The Morgan fingerprint density at radius 3 is 2.69 bits per heavy atom. The van der Waals surface area contributed by atoms with Crippen LogP contribution in [0.25, 0.3) is 0 Å². The molecule has 8 heteroatoms. The lowest BCUT2D eigenvalue weighted by Gasteiger charge is -2.26. The number of thiocarbonyl (C=S) groups is 1. The molecule has 1 unspecified atom stereocenters. The second kappa shape index (κ2) is 8.68. The number of carbonyl (C=O) groups is 1. The van der Waals surface area contributed by atoms with E-state index >= 15 is 0 Å². The van der Waals surface area contributed by atoms with E-state index in [1.807, 2.05) is 49.3 Å². The smallest absolute Gasteiger partial charge is 0.289 e. The van der Waals surface area contributed by atoms with Crippen LogP contribution in [0.4, 0.5) is 5.69 Å². The number of para-hydroxylation sites is 1. The highest BCUT2D eigenvalue weighted by Gasteiger charge is 2.40. The van der Waals surface area contributed by atoms with Crippen LogP contribution in [0.2, 0.25) is 0 Å². The van der Waals surface area contributed by atoms with E-state index in [-0.39, 0.29) is 11.9 Å². The standard InChI is InChI=1S/C18H25N5O2S/c1-14-16(17(24)23(21(14)2)15-6-4-3-5-7-15)20-18(26)19-8-9-22-10-12-25-13-11-22/h3-7,14H,8-13H2,1-2H3,(H,19,26). The molecule has 0 aromatic heterocycles. The van der Waals surface area contributed by atoms with Gasteiger partial charge in [0, 0.05) is 33.2 Å². The molecule has 1 atom stereocenters. The SMILES string of the molecule is CC1C(=NC(=S)NCCN2CCOCC2)C(=O)N(c2ccccc2)N1C. The molecule has 0 bridgehead atoms. The number of hydrogen-bond donors (Lipinski definition) is 1. The molecule has 2 aliphatic heterocycles. The van der Waals surface area contributed by atoms with Crippen LogP contribution < -0.4 is 10.3 Å². The van der Waals surface area contributed by atoms with Crippen LogP contribution in [0.15, 0.2) is 35.3 Å². The van der Waals surface area contributed by atoms with Crippen molar-refractivity contribution in [2.75, 3.05) is 51.4 Å². The molecular formula is C18H25N5O2S. The van der Waals surface area contributed by atoms with Gasteiger partial charge in [0.15, 0.2) is 5.11 Å². The Hall–Kier alpha value is -1.87. The minimum atomic E-state index is -0.137. The summed E-state index contributed by atoms with van der Waals surface area (Å²) in [6, 6.07) is 9.42. The molecule has 1 N–H and O–H groups in total. The van der Waals surface area contributed by atoms with Gasteiger partial charge in [-0.3, -0.25) is 9.69 Å². The van der Waals surface area contributed by atoms with Gasteiger partial charge in [0.05, 0.1) is 24.9 Å². The Morgan fingerprint density at radius 1 is 1.31 bits per heavy atom. The van der Waals surface area contributed by atoms with E-state index in [2.05, 4.69) is 15.2 Å². The molecular weight excluding hydrogens is 350 g/mol. The molecule has 26 heavy (non-hydrogen) atoms. The van der Waals surface area contributed by atoms with Crippen molar-refractivity contribution >= 4 is 34.6 Å². The number of carbonyl (C=O) groups excluding carboxylic acids is 1. The fraction of sp³-hybridized carbons (Fsp3) is 0.500.